The zero-order valence-electron chi connectivity index (χ0n) is 16.0. The van der Waals surface area contributed by atoms with Gasteiger partial charge in [0.05, 0.1) is 4.90 Å². The number of amides is 1. The number of benzene rings is 1. The average Bonchev–Trinajstić information content (AvgIpc) is 2.59. The van der Waals surface area contributed by atoms with Crippen molar-refractivity contribution in [3.63, 3.8) is 0 Å². The van der Waals surface area contributed by atoms with E-state index in [4.69, 9.17) is 5.73 Å². The Labute approximate surface area is 158 Å². The zero-order valence-corrected chi connectivity index (χ0v) is 16.8. The van der Waals surface area contributed by atoms with Crippen molar-refractivity contribution in [3.05, 3.63) is 24.3 Å². The van der Waals surface area contributed by atoms with Crippen LogP contribution in [0.5, 0.6) is 0 Å². The molecule has 148 valence electrons. The highest BCUT2D eigenvalue weighted by Crippen LogP contribution is 2.13. The molecule has 3 N–H and O–H groups in total. The van der Waals surface area contributed by atoms with E-state index in [2.05, 4.69) is 11.6 Å². The molecule has 0 saturated carbocycles. The molecule has 26 heavy (non-hydrogen) atoms. The molecule has 0 heterocycles. The number of sulfonamides is 1. The van der Waals surface area contributed by atoms with Crippen LogP contribution in [0.2, 0.25) is 0 Å². The van der Waals surface area contributed by atoms with Crippen LogP contribution < -0.4 is 10.5 Å². The molecule has 5 nitrogen and oxygen atoms in total. The Morgan fingerprint density at radius 1 is 0.846 bits per heavy atom. The average molecular weight is 383 g/mol. The molecule has 0 unspecified atom stereocenters. The molecule has 0 spiro atoms. The second-order valence-electron chi connectivity index (χ2n) is 6.88. The van der Waals surface area contributed by atoms with Crippen molar-refractivity contribution in [2.45, 2.75) is 88.9 Å². The van der Waals surface area contributed by atoms with Crippen molar-refractivity contribution in [2.75, 3.05) is 5.73 Å². The minimum atomic E-state index is -3.80. The van der Waals surface area contributed by atoms with Gasteiger partial charge in [-0.05, 0) is 30.7 Å². The quantitative estimate of drug-likeness (QED) is 0.358. The minimum absolute atomic E-state index is 0.0546. The third-order valence-corrected chi connectivity index (χ3v) is 5.84. The van der Waals surface area contributed by atoms with Gasteiger partial charge in [-0.25, -0.2) is 13.1 Å². The van der Waals surface area contributed by atoms with Crippen molar-refractivity contribution in [1.82, 2.24) is 4.72 Å². The Morgan fingerprint density at radius 2 is 1.31 bits per heavy atom. The fourth-order valence-electron chi connectivity index (χ4n) is 2.86. The van der Waals surface area contributed by atoms with Crippen molar-refractivity contribution < 1.29 is 13.2 Å². The number of hydrogen-bond acceptors (Lipinski definition) is 4. The van der Waals surface area contributed by atoms with Gasteiger partial charge in [-0.1, -0.05) is 71.1 Å². The molecule has 0 atom stereocenters. The molecular weight excluding hydrogens is 348 g/mol. The fourth-order valence-corrected chi connectivity index (χ4v) is 3.87. The molecule has 0 radical (unpaired) electrons. The maximum absolute atomic E-state index is 12.1. The highest BCUT2D eigenvalue weighted by atomic mass is 32.2. The summed E-state index contributed by atoms with van der Waals surface area (Å²) in [5, 5.41) is 0. The van der Waals surface area contributed by atoms with Crippen LogP contribution in [0.3, 0.4) is 0 Å². The second kappa shape index (κ2) is 12.7. The van der Waals surface area contributed by atoms with Crippen LogP contribution in [-0.2, 0) is 14.8 Å². The molecule has 1 aromatic carbocycles. The van der Waals surface area contributed by atoms with E-state index in [-0.39, 0.29) is 11.3 Å². The Kier molecular flexibility index (Phi) is 11.0. The standard InChI is InChI=1S/C20H34N2O3S/c1-2-3-4-5-6-7-8-9-10-11-12-13-20(23)22-26(24,25)19-16-14-18(21)15-17-19/h14-17H,2-13,21H2,1H3,(H,22,23). The highest BCUT2D eigenvalue weighted by molar-refractivity contribution is 7.90. The molecule has 0 aliphatic heterocycles. The lowest BCUT2D eigenvalue weighted by molar-refractivity contribution is -0.119. The van der Waals surface area contributed by atoms with Gasteiger partial charge in [-0.2, -0.15) is 0 Å². The zero-order chi connectivity index (χ0) is 19.3. The summed E-state index contributed by atoms with van der Waals surface area (Å²) >= 11 is 0. The summed E-state index contributed by atoms with van der Waals surface area (Å²) in [7, 11) is -3.80. The Bertz CT molecular complexity index is 612. The van der Waals surface area contributed by atoms with Crippen molar-refractivity contribution in [2.24, 2.45) is 0 Å². The van der Waals surface area contributed by atoms with E-state index < -0.39 is 15.9 Å². The van der Waals surface area contributed by atoms with Crippen LogP contribution in [0, 0.1) is 0 Å². The number of nitrogens with two attached hydrogens (primary N) is 1. The van der Waals surface area contributed by atoms with Gasteiger partial charge in [0.25, 0.3) is 10.0 Å². The van der Waals surface area contributed by atoms with Crippen LogP contribution in [0.1, 0.15) is 84.0 Å². The number of nitrogen functional groups attached to an aromatic ring is 1. The van der Waals surface area contributed by atoms with Crippen LogP contribution in [0.4, 0.5) is 5.69 Å². The number of nitrogens with one attached hydrogen (secondary N) is 1. The third-order valence-electron chi connectivity index (χ3n) is 4.45. The first-order valence-electron chi connectivity index (χ1n) is 9.87. The second-order valence-corrected chi connectivity index (χ2v) is 8.57. The molecule has 0 bridgehead atoms. The van der Waals surface area contributed by atoms with Gasteiger partial charge in [0.2, 0.25) is 5.91 Å². The van der Waals surface area contributed by atoms with Gasteiger partial charge >= 0.3 is 0 Å². The molecule has 1 aromatic rings. The van der Waals surface area contributed by atoms with Crippen LogP contribution in [0.15, 0.2) is 29.2 Å². The minimum Gasteiger partial charge on any atom is -0.399 e. The highest BCUT2D eigenvalue weighted by Gasteiger charge is 2.16. The fraction of sp³-hybridized carbons (Fsp3) is 0.650. The predicted molar refractivity (Wildman–Crippen MR) is 107 cm³/mol. The molecule has 1 amide bonds. The first-order valence-corrected chi connectivity index (χ1v) is 11.3. The van der Waals surface area contributed by atoms with E-state index in [0.717, 1.165) is 19.3 Å². The first-order chi connectivity index (χ1) is 12.5. The van der Waals surface area contributed by atoms with Gasteiger partial charge in [0.1, 0.15) is 0 Å². The summed E-state index contributed by atoms with van der Waals surface area (Å²) in [6, 6.07) is 5.80. The van der Waals surface area contributed by atoms with E-state index in [9.17, 15) is 13.2 Å². The van der Waals surface area contributed by atoms with Gasteiger partial charge in [-0.3, -0.25) is 4.79 Å². The molecule has 0 aliphatic carbocycles. The van der Waals surface area contributed by atoms with E-state index in [0.29, 0.717) is 5.69 Å². The lowest BCUT2D eigenvalue weighted by atomic mass is 10.1. The van der Waals surface area contributed by atoms with E-state index >= 15 is 0 Å². The molecule has 0 saturated heterocycles. The van der Waals surface area contributed by atoms with E-state index in [1.165, 1.54) is 75.6 Å². The summed E-state index contributed by atoms with van der Waals surface area (Å²) in [6.45, 7) is 2.23. The van der Waals surface area contributed by atoms with Gasteiger partial charge in [0.15, 0.2) is 0 Å². The smallest absolute Gasteiger partial charge is 0.264 e. The molecule has 0 aromatic heterocycles. The SMILES string of the molecule is CCCCCCCCCCCCCC(=O)NS(=O)(=O)c1ccc(N)cc1. The van der Waals surface area contributed by atoms with Crippen molar-refractivity contribution in [1.29, 1.82) is 0 Å². The van der Waals surface area contributed by atoms with Crippen molar-refractivity contribution in [3.8, 4) is 0 Å². The normalized spacial score (nSPS) is 11.4. The monoisotopic (exact) mass is 382 g/mol. The van der Waals surface area contributed by atoms with Gasteiger partial charge in [-0.15, -0.1) is 0 Å². The maximum Gasteiger partial charge on any atom is 0.264 e. The topological polar surface area (TPSA) is 89.3 Å². The van der Waals surface area contributed by atoms with Crippen molar-refractivity contribution >= 4 is 21.6 Å². The Hall–Kier alpha value is -1.56. The molecule has 1 rings (SSSR count). The molecule has 0 fully saturated rings. The lowest BCUT2D eigenvalue weighted by Gasteiger charge is -2.07. The summed E-state index contributed by atoms with van der Waals surface area (Å²) in [4.78, 5) is 11.9. The van der Waals surface area contributed by atoms with Gasteiger partial charge < -0.3 is 5.73 Å². The summed E-state index contributed by atoms with van der Waals surface area (Å²) < 4.78 is 26.3. The molecular formula is C20H34N2O3S. The number of rotatable bonds is 14. The summed E-state index contributed by atoms with van der Waals surface area (Å²) in [5.74, 6) is -0.447. The maximum atomic E-state index is 12.1. The first kappa shape index (κ1) is 22.5. The number of anilines is 1. The number of carbonyl (C=O) groups excluding carboxylic acids is 1. The van der Waals surface area contributed by atoms with E-state index in [1.807, 2.05) is 0 Å². The number of carbonyl (C=O) groups is 1. The molecule has 0 aliphatic rings. The van der Waals surface area contributed by atoms with Crippen LogP contribution in [-0.4, -0.2) is 14.3 Å². The van der Waals surface area contributed by atoms with Crippen LogP contribution in [0.25, 0.3) is 0 Å². The number of hydrogen-bond donors (Lipinski definition) is 2. The van der Waals surface area contributed by atoms with Crippen LogP contribution >= 0.6 is 0 Å². The largest absolute Gasteiger partial charge is 0.399 e. The summed E-state index contributed by atoms with van der Waals surface area (Å²) in [6.07, 6.45) is 13.4. The lowest BCUT2D eigenvalue weighted by Crippen LogP contribution is -2.30. The molecule has 6 heteroatoms. The third kappa shape index (κ3) is 9.80. The van der Waals surface area contributed by atoms with Gasteiger partial charge in [0, 0.05) is 12.1 Å². The summed E-state index contributed by atoms with van der Waals surface area (Å²) in [5.41, 5.74) is 6.02. The predicted octanol–water partition coefficient (Wildman–Crippen LogP) is 4.77. The van der Waals surface area contributed by atoms with E-state index in [1.54, 1.807) is 0 Å². The Balaban J connectivity index is 2.09. The number of unbranched alkanes of at least 4 members (excludes halogenated alkanes) is 10. The Morgan fingerprint density at radius 3 is 1.81 bits per heavy atom.